The van der Waals surface area contributed by atoms with E-state index in [0.717, 1.165) is 0 Å². The molecule has 0 bridgehead atoms. The number of nitrogens with zero attached hydrogens (tertiary/aromatic N) is 2. The van der Waals surface area contributed by atoms with Crippen molar-refractivity contribution in [2.75, 3.05) is 5.73 Å². The van der Waals surface area contributed by atoms with Crippen molar-refractivity contribution in [3.63, 3.8) is 0 Å². The predicted molar refractivity (Wildman–Crippen MR) is 53.7 cm³/mol. The SMILES string of the molecule is CC1CCC(C)c2c1nc(N)n2C. The zero-order valence-electron chi connectivity index (χ0n) is 8.54. The maximum absolute atomic E-state index is 5.80. The van der Waals surface area contributed by atoms with Gasteiger partial charge in [0.25, 0.3) is 0 Å². The van der Waals surface area contributed by atoms with Gasteiger partial charge in [0.1, 0.15) is 0 Å². The number of hydrogen-bond donors (Lipinski definition) is 1. The third-order valence-corrected chi connectivity index (χ3v) is 3.17. The maximum Gasteiger partial charge on any atom is 0.200 e. The highest BCUT2D eigenvalue weighted by atomic mass is 15.1. The van der Waals surface area contributed by atoms with Gasteiger partial charge in [-0.1, -0.05) is 13.8 Å². The number of nitrogens with two attached hydrogens (primary N) is 1. The zero-order chi connectivity index (χ0) is 9.59. The fourth-order valence-corrected chi connectivity index (χ4v) is 2.27. The number of hydrogen-bond acceptors (Lipinski definition) is 2. The van der Waals surface area contributed by atoms with Crippen LogP contribution in [0.3, 0.4) is 0 Å². The van der Waals surface area contributed by atoms with E-state index >= 15 is 0 Å². The Balaban J connectivity index is 2.56. The molecule has 0 aromatic carbocycles. The first kappa shape index (κ1) is 8.60. The van der Waals surface area contributed by atoms with E-state index in [2.05, 4.69) is 18.8 Å². The Morgan fingerprint density at radius 2 is 1.92 bits per heavy atom. The number of anilines is 1. The number of aromatic nitrogens is 2. The highest BCUT2D eigenvalue weighted by Gasteiger charge is 2.27. The first-order valence-electron chi connectivity index (χ1n) is 4.93. The topological polar surface area (TPSA) is 43.8 Å². The standard InChI is InChI=1S/C10H17N3/c1-6-4-5-7(2)9-8(6)12-10(11)13(9)3/h6-7H,4-5H2,1-3H3,(H2,11,12). The molecule has 0 spiro atoms. The largest absolute Gasteiger partial charge is 0.369 e. The van der Waals surface area contributed by atoms with Crippen molar-refractivity contribution in [1.29, 1.82) is 0 Å². The molecule has 72 valence electrons. The molecule has 0 fully saturated rings. The molecule has 0 radical (unpaired) electrons. The molecule has 1 aliphatic rings. The summed E-state index contributed by atoms with van der Waals surface area (Å²) in [5.74, 6) is 1.85. The normalized spacial score (nSPS) is 27.3. The van der Waals surface area contributed by atoms with E-state index in [9.17, 15) is 0 Å². The number of rotatable bonds is 0. The van der Waals surface area contributed by atoms with Crippen LogP contribution in [0.5, 0.6) is 0 Å². The van der Waals surface area contributed by atoms with Gasteiger partial charge < -0.3 is 10.3 Å². The molecule has 13 heavy (non-hydrogen) atoms. The Morgan fingerprint density at radius 1 is 1.31 bits per heavy atom. The highest BCUT2D eigenvalue weighted by molar-refractivity contribution is 5.34. The summed E-state index contributed by atoms with van der Waals surface area (Å²) >= 11 is 0. The number of fused-ring (bicyclic) bond motifs is 1. The van der Waals surface area contributed by atoms with Crippen molar-refractivity contribution in [3.05, 3.63) is 11.4 Å². The van der Waals surface area contributed by atoms with Crippen LogP contribution in [0.25, 0.3) is 0 Å². The van der Waals surface area contributed by atoms with E-state index in [1.165, 1.54) is 24.2 Å². The van der Waals surface area contributed by atoms with Crippen LogP contribution in [0, 0.1) is 0 Å². The van der Waals surface area contributed by atoms with Gasteiger partial charge in [-0.2, -0.15) is 0 Å². The van der Waals surface area contributed by atoms with Gasteiger partial charge in [0.15, 0.2) is 5.95 Å². The second kappa shape index (κ2) is 2.76. The average molecular weight is 179 g/mol. The molecule has 2 atom stereocenters. The van der Waals surface area contributed by atoms with Crippen LogP contribution in [0.15, 0.2) is 0 Å². The van der Waals surface area contributed by atoms with E-state index in [1.807, 2.05) is 11.6 Å². The Bertz CT molecular complexity index is 327. The van der Waals surface area contributed by atoms with Crippen LogP contribution in [0.2, 0.25) is 0 Å². The Hall–Kier alpha value is -0.990. The molecule has 1 aromatic heterocycles. The van der Waals surface area contributed by atoms with Gasteiger partial charge in [0.2, 0.25) is 0 Å². The minimum atomic E-state index is 0.578. The summed E-state index contributed by atoms with van der Waals surface area (Å²) in [6.45, 7) is 4.49. The Labute approximate surface area is 79.0 Å². The van der Waals surface area contributed by atoms with Crippen molar-refractivity contribution in [1.82, 2.24) is 9.55 Å². The van der Waals surface area contributed by atoms with Crippen LogP contribution in [-0.4, -0.2) is 9.55 Å². The quantitative estimate of drug-likeness (QED) is 0.662. The summed E-state index contributed by atoms with van der Waals surface area (Å²) in [4.78, 5) is 4.42. The third kappa shape index (κ3) is 1.14. The first-order chi connectivity index (χ1) is 6.11. The van der Waals surface area contributed by atoms with Crippen LogP contribution < -0.4 is 5.73 Å². The van der Waals surface area contributed by atoms with Gasteiger partial charge in [-0.25, -0.2) is 4.98 Å². The Morgan fingerprint density at radius 3 is 2.54 bits per heavy atom. The molecule has 2 N–H and O–H groups in total. The van der Waals surface area contributed by atoms with Crippen molar-refractivity contribution >= 4 is 5.95 Å². The zero-order valence-corrected chi connectivity index (χ0v) is 8.54. The molecular weight excluding hydrogens is 162 g/mol. The minimum Gasteiger partial charge on any atom is -0.369 e. The predicted octanol–water partition coefficient (Wildman–Crippen LogP) is 2.00. The molecule has 3 nitrogen and oxygen atoms in total. The maximum atomic E-state index is 5.80. The van der Waals surface area contributed by atoms with Crippen molar-refractivity contribution in [2.24, 2.45) is 7.05 Å². The van der Waals surface area contributed by atoms with Gasteiger partial charge in [0.05, 0.1) is 5.69 Å². The minimum absolute atomic E-state index is 0.578. The van der Waals surface area contributed by atoms with E-state index in [4.69, 9.17) is 5.73 Å². The van der Waals surface area contributed by atoms with Crippen molar-refractivity contribution in [3.8, 4) is 0 Å². The van der Waals surface area contributed by atoms with Crippen molar-refractivity contribution < 1.29 is 0 Å². The molecule has 0 amide bonds. The summed E-state index contributed by atoms with van der Waals surface area (Å²) in [6.07, 6.45) is 2.50. The summed E-state index contributed by atoms with van der Waals surface area (Å²) in [7, 11) is 2.01. The van der Waals surface area contributed by atoms with Gasteiger partial charge in [-0.3, -0.25) is 0 Å². The lowest BCUT2D eigenvalue weighted by Gasteiger charge is -2.23. The lowest BCUT2D eigenvalue weighted by Crippen LogP contribution is -2.13. The lowest BCUT2D eigenvalue weighted by atomic mass is 9.85. The van der Waals surface area contributed by atoms with Crippen LogP contribution >= 0.6 is 0 Å². The monoisotopic (exact) mass is 179 g/mol. The summed E-state index contributed by atoms with van der Waals surface area (Å²) < 4.78 is 2.04. The molecule has 2 rings (SSSR count). The van der Waals surface area contributed by atoms with E-state index < -0.39 is 0 Å². The molecule has 0 saturated heterocycles. The fourth-order valence-electron chi connectivity index (χ4n) is 2.27. The summed E-state index contributed by atoms with van der Waals surface area (Å²) in [6, 6.07) is 0. The Kier molecular flexibility index (Phi) is 1.82. The van der Waals surface area contributed by atoms with Gasteiger partial charge in [0, 0.05) is 18.7 Å². The molecule has 3 heteroatoms. The van der Waals surface area contributed by atoms with E-state index in [-0.39, 0.29) is 0 Å². The van der Waals surface area contributed by atoms with E-state index in [0.29, 0.717) is 17.8 Å². The molecule has 1 heterocycles. The third-order valence-electron chi connectivity index (χ3n) is 3.17. The number of imidazole rings is 1. The second-order valence-electron chi connectivity index (χ2n) is 4.18. The molecule has 1 aromatic rings. The fraction of sp³-hybridized carbons (Fsp3) is 0.700. The lowest BCUT2D eigenvalue weighted by molar-refractivity contribution is 0.500. The molecule has 0 saturated carbocycles. The molecule has 0 aliphatic heterocycles. The first-order valence-corrected chi connectivity index (χ1v) is 4.93. The van der Waals surface area contributed by atoms with Crippen LogP contribution in [0.4, 0.5) is 5.95 Å². The molecule has 2 unspecified atom stereocenters. The smallest absolute Gasteiger partial charge is 0.200 e. The van der Waals surface area contributed by atoms with Gasteiger partial charge >= 0.3 is 0 Å². The van der Waals surface area contributed by atoms with Crippen molar-refractivity contribution in [2.45, 2.75) is 38.5 Å². The number of nitrogen functional groups attached to an aromatic ring is 1. The van der Waals surface area contributed by atoms with Gasteiger partial charge in [-0.15, -0.1) is 0 Å². The summed E-state index contributed by atoms with van der Waals surface area (Å²) in [5.41, 5.74) is 8.36. The second-order valence-corrected chi connectivity index (χ2v) is 4.18. The van der Waals surface area contributed by atoms with Gasteiger partial charge in [-0.05, 0) is 18.8 Å². The summed E-state index contributed by atoms with van der Waals surface area (Å²) in [5, 5.41) is 0. The van der Waals surface area contributed by atoms with E-state index in [1.54, 1.807) is 0 Å². The highest BCUT2D eigenvalue weighted by Crippen LogP contribution is 2.38. The molecular formula is C10H17N3. The van der Waals surface area contributed by atoms with Crippen LogP contribution in [0.1, 0.15) is 49.9 Å². The molecule has 1 aliphatic carbocycles. The van der Waals surface area contributed by atoms with Crippen LogP contribution in [-0.2, 0) is 7.05 Å². The average Bonchev–Trinajstić information content (AvgIpc) is 2.38.